The summed E-state index contributed by atoms with van der Waals surface area (Å²) in [6.07, 6.45) is 0. The Bertz CT molecular complexity index is 609. The monoisotopic (exact) mass is 192 g/mol. The van der Waals surface area contributed by atoms with Crippen LogP contribution < -0.4 is 17.1 Å². The van der Waals surface area contributed by atoms with Crippen molar-refractivity contribution in [2.24, 2.45) is 7.05 Å². The van der Waals surface area contributed by atoms with Gasteiger partial charge in [0.15, 0.2) is 0 Å². The van der Waals surface area contributed by atoms with Crippen LogP contribution in [0.1, 0.15) is 0 Å². The molecule has 0 radical (unpaired) electrons. The lowest BCUT2D eigenvalue weighted by molar-refractivity contribution is 0.433. The van der Waals surface area contributed by atoms with E-state index in [1.165, 1.54) is 17.7 Å². The molecule has 0 saturated carbocycles. The zero-order valence-electron chi connectivity index (χ0n) is 7.48. The van der Waals surface area contributed by atoms with E-state index >= 15 is 0 Å². The molecule has 14 heavy (non-hydrogen) atoms. The summed E-state index contributed by atoms with van der Waals surface area (Å²) in [5.41, 5.74) is 5.83. The maximum atomic E-state index is 11.3. The van der Waals surface area contributed by atoms with Gasteiger partial charge in [-0.3, -0.25) is 4.57 Å². The van der Waals surface area contributed by atoms with E-state index in [4.69, 9.17) is 5.73 Å². The molecule has 0 fully saturated rings. The Morgan fingerprint density at radius 1 is 1.36 bits per heavy atom. The van der Waals surface area contributed by atoms with Gasteiger partial charge in [-0.05, 0) is 18.2 Å². The molecular formula is C9H8N2O3. The van der Waals surface area contributed by atoms with Gasteiger partial charge in [-0.15, -0.1) is 0 Å². The van der Waals surface area contributed by atoms with Crippen molar-refractivity contribution in [2.45, 2.75) is 0 Å². The van der Waals surface area contributed by atoms with Crippen LogP contribution >= 0.6 is 0 Å². The molecule has 2 rings (SSSR count). The molecule has 1 heterocycles. The molecule has 2 aromatic rings. The van der Waals surface area contributed by atoms with Gasteiger partial charge in [-0.1, -0.05) is 0 Å². The minimum atomic E-state index is -0.674. The third-order valence-corrected chi connectivity index (χ3v) is 2.06. The zero-order chi connectivity index (χ0) is 10.3. The molecule has 0 saturated heterocycles. The van der Waals surface area contributed by atoms with Crippen LogP contribution in [0, 0.1) is 0 Å². The molecule has 0 amide bonds. The van der Waals surface area contributed by atoms with Gasteiger partial charge >= 0.3 is 11.4 Å². The van der Waals surface area contributed by atoms with Crippen molar-refractivity contribution in [1.29, 1.82) is 0 Å². The predicted molar refractivity (Wildman–Crippen MR) is 52.1 cm³/mol. The molecule has 0 aliphatic carbocycles. The molecule has 5 heteroatoms. The fraction of sp³-hybridized carbons (Fsp3) is 0.111. The highest BCUT2D eigenvalue weighted by atomic mass is 16.4. The molecule has 5 nitrogen and oxygen atoms in total. The van der Waals surface area contributed by atoms with E-state index in [9.17, 15) is 9.59 Å². The van der Waals surface area contributed by atoms with Crippen molar-refractivity contribution in [3.05, 3.63) is 39.2 Å². The lowest BCUT2D eigenvalue weighted by Gasteiger charge is -2.01. The van der Waals surface area contributed by atoms with E-state index in [1.807, 2.05) is 0 Å². The number of benzene rings is 1. The van der Waals surface area contributed by atoms with Crippen LogP contribution in [0.25, 0.3) is 10.9 Å². The predicted octanol–water partition coefficient (Wildman–Crippen LogP) is 0.0739. The van der Waals surface area contributed by atoms with Crippen LogP contribution in [-0.4, -0.2) is 4.57 Å². The molecule has 1 aromatic carbocycles. The van der Waals surface area contributed by atoms with Crippen LogP contribution in [0.3, 0.4) is 0 Å². The first-order valence-electron chi connectivity index (χ1n) is 3.99. The molecule has 2 N–H and O–H groups in total. The fourth-order valence-corrected chi connectivity index (χ4v) is 1.31. The normalized spacial score (nSPS) is 10.6. The maximum absolute atomic E-state index is 11.3. The van der Waals surface area contributed by atoms with Gasteiger partial charge in [0.05, 0.1) is 10.9 Å². The molecule has 0 spiro atoms. The number of aryl methyl sites for hydroxylation is 1. The SMILES string of the molecule is Cn1c(=O)oc(=O)c2cc(N)ccc21. The van der Waals surface area contributed by atoms with E-state index in [0.29, 0.717) is 16.6 Å². The Labute approximate surface area is 78.4 Å². The van der Waals surface area contributed by atoms with Crippen molar-refractivity contribution in [2.75, 3.05) is 5.73 Å². The van der Waals surface area contributed by atoms with E-state index in [2.05, 4.69) is 4.42 Å². The number of rotatable bonds is 0. The molecular weight excluding hydrogens is 184 g/mol. The molecule has 0 bridgehead atoms. The number of nitrogen functional groups attached to an aromatic ring is 1. The number of hydrogen-bond acceptors (Lipinski definition) is 4. The van der Waals surface area contributed by atoms with Gasteiger partial charge in [0.25, 0.3) is 0 Å². The van der Waals surface area contributed by atoms with Gasteiger partial charge < -0.3 is 10.2 Å². The Balaban J connectivity index is 3.10. The summed E-state index contributed by atoms with van der Waals surface area (Å²) >= 11 is 0. The molecule has 0 atom stereocenters. The molecule has 0 aliphatic heterocycles. The zero-order valence-corrected chi connectivity index (χ0v) is 7.48. The highest BCUT2D eigenvalue weighted by Gasteiger charge is 2.05. The smallest absolute Gasteiger partial charge is 0.399 e. The van der Waals surface area contributed by atoms with Crippen LogP contribution in [-0.2, 0) is 7.05 Å². The topological polar surface area (TPSA) is 78.2 Å². The Hall–Kier alpha value is -2.04. The second-order valence-corrected chi connectivity index (χ2v) is 2.99. The maximum Gasteiger partial charge on any atom is 0.422 e. The van der Waals surface area contributed by atoms with Crippen molar-refractivity contribution in [1.82, 2.24) is 4.57 Å². The van der Waals surface area contributed by atoms with Crippen LogP contribution in [0.2, 0.25) is 0 Å². The van der Waals surface area contributed by atoms with Crippen LogP contribution in [0.5, 0.6) is 0 Å². The van der Waals surface area contributed by atoms with Gasteiger partial charge in [0, 0.05) is 12.7 Å². The van der Waals surface area contributed by atoms with Gasteiger partial charge in [0.1, 0.15) is 0 Å². The van der Waals surface area contributed by atoms with Crippen molar-refractivity contribution >= 4 is 16.6 Å². The summed E-state index contributed by atoms with van der Waals surface area (Å²) in [4.78, 5) is 22.4. The van der Waals surface area contributed by atoms with E-state index in [-0.39, 0.29) is 0 Å². The summed E-state index contributed by atoms with van der Waals surface area (Å²) in [7, 11) is 1.53. The Kier molecular flexibility index (Phi) is 1.67. The van der Waals surface area contributed by atoms with E-state index in [1.54, 1.807) is 12.1 Å². The standard InChI is InChI=1S/C9H8N2O3/c1-11-7-3-2-5(10)4-6(7)8(12)14-9(11)13/h2-4H,10H2,1H3. The lowest BCUT2D eigenvalue weighted by Crippen LogP contribution is -2.22. The fourth-order valence-electron chi connectivity index (χ4n) is 1.31. The van der Waals surface area contributed by atoms with Crippen molar-refractivity contribution in [3.63, 3.8) is 0 Å². The van der Waals surface area contributed by atoms with Gasteiger partial charge in [-0.2, -0.15) is 0 Å². The third-order valence-electron chi connectivity index (χ3n) is 2.06. The van der Waals surface area contributed by atoms with Gasteiger partial charge in [-0.25, -0.2) is 9.59 Å². The minimum Gasteiger partial charge on any atom is -0.399 e. The van der Waals surface area contributed by atoms with Gasteiger partial charge in [0.2, 0.25) is 0 Å². The van der Waals surface area contributed by atoms with Crippen LogP contribution in [0.15, 0.2) is 32.2 Å². The quantitative estimate of drug-likeness (QED) is 0.599. The van der Waals surface area contributed by atoms with Crippen LogP contribution in [0.4, 0.5) is 5.69 Å². The first-order chi connectivity index (χ1) is 6.59. The lowest BCUT2D eigenvalue weighted by atomic mass is 10.2. The first-order valence-corrected chi connectivity index (χ1v) is 3.99. The average Bonchev–Trinajstić information content (AvgIpc) is 2.14. The number of nitrogens with two attached hydrogens (primary N) is 1. The minimum absolute atomic E-state index is 0.312. The molecule has 0 unspecified atom stereocenters. The Morgan fingerprint density at radius 2 is 2.07 bits per heavy atom. The number of nitrogens with zero attached hydrogens (tertiary/aromatic N) is 1. The number of hydrogen-bond donors (Lipinski definition) is 1. The second-order valence-electron chi connectivity index (χ2n) is 2.99. The number of fused-ring (bicyclic) bond motifs is 1. The highest BCUT2D eigenvalue weighted by molar-refractivity contribution is 5.80. The van der Waals surface area contributed by atoms with Crippen molar-refractivity contribution in [3.8, 4) is 0 Å². The summed E-state index contributed by atoms with van der Waals surface area (Å²) in [5, 5.41) is 0.312. The Morgan fingerprint density at radius 3 is 2.79 bits per heavy atom. The molecule has 0 aliphatic rings. The molecule has 72 valence electrons. The number of anilines is 1. The number of aromatic nitrogens is 1. The van der Waals surface area contributed by atoms with Crippen molar-refractivity contribution < 1.29 is 4.42 Å². The second kappa shape index (κ2) is 2.73. The first kappa shape index (κ1) is 8.55. The summed E-state index contributed by atoms with van der Waals surface area (Å²) in [5.74, 6) is -0.674. The largest absolute Gasteiger partial charge is 0.422 e. The van der Waals surface area contributed by atoms with E-state index in [0.717, 1.165) is 0 Å². The average molecular weight is 192 g/mol. The third kappa shape index (κ3) is 1.10. The summed E-state index contributed by atoms with van der Waals surface area (Å²) in [6, 6.07) is 4.73. The molecule has 1 aromatic heterocycles. The summed E-state index contributed by atoms with van der Waals surface area (Å²) in [6.45, 7) is 0. The summed E-state index contributed by atoms with van der Waals surface area (Å²) < 4.78 is 5.73. The van der Waals surface area contributed by atoms with E-state index < -0.39 is 11.4 Å². The highest BCUT2D eigenvalue weighted by Crippen LogP contribution is 2.11.